The fourth-order valence-corrected chi connectivity index (χ4v) is 2.25. The molecule has 7 heteroatoms. The summed E-state index contributed by atoms with van der Waals surface area (Å²) in [6.07, 6.45) is 0. The number of fused-ring (bicyclic) bond motifs is 1. The van der Waals surface area contributed by atoms with Gasteiger partial charge in [0.1, 0.15) is 5.82 Å². The molecule has 1 saturated heterocycles. The van der Waals surface area contributed by atoms with Crippen molar-refractivity contribution in [2.75, 3.05) is 38.1 Å². The van der Waals surface area contributed by atoms with Crippen LogP contribution in [0.1, 0.15) is 5.82 Å². The zero-order chi connectivity index (χ0) is 12.7. The Balaban J connectivity index is 2.05. The Kier molecular flexibility index (Phi) is 2.62. The van der Waals surface area contributed by atoms with E-state index in [0.717, 1.165) is 49.0 Å². The molecule has 1 aliphatic heterocycles. The minimum atomic E-state index is 0.766. The van der Waals surface area contributed by atoms with Crippen LogP contribution >= 0.6 is 0 Å². The molecule has 0 spiro atoms. The van der Waals surface area contributed by atoms with Crippen molar-refractivity contribution >= 4 is 17.0 Å². The van der Waals surface area contributed by atoms with Gasteiger partial charge < -0.3 is 9.80 Å². The van der Waals surface area contributed by atoms with E-state index in [1.165, 1.54) is 0 Å². The number of aryl methyl sites for hydroxylation is 2. The number of rotatable bonds is 1. The zero-order valence-electron chi connectivity index (χ0n) is 11.0. The van der Waals surface area contributed by atoms with Gasteiger partial charge in [0.05, 0.1) is 0 Å². The van der Waals surface area contributed by atoms with Crippen LogP contribution in [0, 0.1) is 6.92 Å². The van der Waals surface area contributed by atoms with E-state index in [2.05, 4.69) is 37.1 Å². The Labute approximate surface area is 105 Å². The molecule has 18 heavy (non-hydrogen) atoms. The molecule has 0 atom stereocenters. The van der Waals surface area contributed by atoms with Crippen LogP contribution < -0.4 is 4.90 Å². The molecule has 0 bridgehead atoms. The predicted octanol–water partition coefficient (Wildman–Crippen LogP) is -0.181. The Morgan fingerprint density at radius 1 is 1.00 bits per heavy atom. The third-order valence-corrected chi connectivity index (χ3v) is 3.35. The van der Waals surface area contributed by atoms with Crippen LogP contribution in [0.15, 0.2) is 0 Å². The maximum absolute atomic E-state index is 4.54. The van der Waals surface area contributed by atoms with E-state index < -0.39 is 0 Å². The first-order valence-corrected chi connectivity index (χ1v) is 6.12. The monoisotopic (exact) mass is 247 g/mol. The van der Waals surface area contributed by atoms with Crippen molar-refractivity contribution in [1.82, 2.24) is 29.9 Å². The molecule has 0 unspecified atom stereocenters. The minimum absolute atomic E-state index is 0.766. The van der Waals surface area contributed by atoms with Crippen molar-refractivity contribution < 1.29 is 0 Å². The number of hydrogen-bond acceptors (Lipinski definition) is 6. The number of piperazine rings is 1. The molecule has 3 rings (SSSR count). The Morgan fingerprint density at radius 2 is 1.72 bits per heavy atom. The standard InChI is InChI=1S/C11H17N7/c1-8-12-10-9(14-15-17(10)3)11(13-8)18-6-4-16(2)5-7-18/h4-7H2,1-3H3. The highest BCUT2D eigenvalue weighted by atomic mass is 15.4. The highest BCUT2D eigenvalue weighted by Crippen LogP contribution is 2.22. The third-order valence-electron chi connectivity index (χ3n) is 3.35. The summed E-state index contributed by atoms with van der Waals surface area (Å²) in [5.41, 5.74) is 1.60. The quantitative estimate of drug-likeness (QED) is 0.696. The summed E-state index contributed by atoms with van der Waals surface area (Å²) in [5, 5.41) is 8.22. The summed E-state index contributed by atoms with van der Waals surface area (Å²) in [7, 11) is 4.00. The molecule has 0 radical (unpaired) electrons. The summed E-state index contributed by atoms with van der Waals surface area (Å²) >= 11 is 0. The van der Waals surface area contributed by atoms with Gasteiger partial charge in [0, 0.05) is 33.2 Å². The number of likely N-dealkylation sites (N-methyl/N-ethyl adjacent to an activating group) is 1. The summed E-state index contributed by atoms with van der Waals surface area (Å²) < 4.78 is 1.70. The summed E-state index contributed by atoms with van der Waals surface area (Å²) in [6, 6.07) is 0. The van der Waals surface area contributed by atoms with Gasteiger partial charge in [0.15, 0.2) is 17.0 Å². The number of hydrogen-bond donors (Lipinski definition) is 0. The van der Waals surface area contributed by atoms with E-state index in [0.29, 0.717) is 0 Å². The largest absolute Gasteiger partial charge is 0.352 e. The van der Waals surface area contributed by atoms with E-state index in [4.69, 9.17) is 0 Å². The van der Waals surface area contributed by atoms with Crippen molar-refractivity contribution in [3.63, 3.8) is 0 Å². The molecule has 0 saturated carbocycles. The second kappa shape index (κ2) is 4.16. The molecular weight excluding hydrogens is 230 g/mol. The van der Waals surface area contributed by atoms with Crippen molar-refractivity contribution in [2.24, 2.45) is 7.05 Å². The maximum atomic E-state index is 4.54. The molecule has 3 heterocycles. The maximum Gasteiger partial charge on any atom is 0.183 e. The van der Waals surface area contributed by atoms with Gasteiger partial charge in [0.2, 0.25) is 0 Å². The first kappa shape index (κ1) is 11.3. The molecule has 0 N–H and O–H groups in total. The Morgan fingerprint density at radius 3 is 2.44 bits per heavy atom. The highest BCUT2D eigenvalue weighted by molar-refractivity contribution is 5.82. The SMILES string of the molecule is Cc1nc(N2CCN(C)CC2)c2nnn(C)c2n1. The normalized spacial score (nSPS) is 17.6. The molecule has 7 nitrogen and oxygen atoms in total. The number of aromatic nitrogens is 5. The van der Waals surface area contributed by atoms with Crippen LogP contribution in [0.4, 0.5) is 5.82 Å². The second-order valence-electron chi connectivity index (χ2n) is 4.77. The van der Waals surface area contributed by atoms with E-state index in [1.54, 1.807) is 4.68 Å². The minimum Gasteiger partial charge on any atom is -0.352 e. The summed E-state index contributed by atoms with van der Waals surface area (Å²) in [6.45, 7) is 5.94. The van der Waals surface area contributed by atoms with E-state index in [1.807, 2.05) is 14.0 Å². The fourth-order valence-electron chi connectivity index (χ4n) is 2.25. The second-order valence-corrected chi connectivity index (χ2v) is 4.77. The van der Waals surface area contributed by atoms with Gasteiger partial charge in [-0.2, -0.15) is 0 Å². The number of anilines is 1. The van der Waals surface area contributed by atoms with E-state index in [9.17, 15) is 0 Å². The van der Waals surface area contributed by atoms with Crippen LogP contribution in [0.25, 0.3) is 11.2 Å². The van der Waals surface area contributed by atoms with Crippen LogP contribution in [-0.4, -0.2) is 63.1 Å². The molecule has 96 valence electrons. The van der Waals surface area contributed by atoms with Crippen molar-refractivity contribution in [1.29, 1.82) is 0 Å². The van der Waals surface area contributed by atoms with Gasteiger partial charge in [0.25, 0.3) is 0 Å². The Hall–Kier alpha value is -1.76. The van der Waals surface area contributed by atoms with Crippen LogP contribution in [0.3, 0.4) is 0 Å². The topological polar surface area (TPSA) is 63.0 Å². The fraction of sp³-hybridized carbons (Fsp3) is 0.636. The molecule has 1 aliphatic rings. The lowest BCUT2D eigenvalue weighted by atomic mass is 10.3. The zero-order valence-corrected chi connectivity index (χ0v) is 11.0. The lowest BCUT2D eigenvalue weighted by Crippen LogP contribution is -2.45. The Bertz CT molecular complexity index is 568. The van der Waals surface area contributed by atoms with Gasteiger partial charge in [-0.05, 0) is 14.0 Å². The van der Waals surface area contributed by atoms with Crippen LogP contribution in [0.2, 0.25) is 0 Å². The van der Waals surface area contributed by atoms with Gasteiger partial charge >= 0.3 is 0 Å². The summed E-state index contributed by atoms with van der Waals surface area (Å²) in [4.78, 5) is 13.5. The first-order chi connectivity index (χ1) is 8.65. The average molecular weight is 247 g/mol. The van der Waals surface area contributed by atoms with Crippen molar-refractivity contribution in [2.45, 2.75) is 6.92 Å². The van der Waals surface area contributed by atoms with Gasteiger partial charge in [-0.3, -0.25) is 0 Å². The summed E-state index contributed by atoms with van der Waals surface area (Å²) in [5.74, 6) is 1.68. The third kappa shape index (κ3) is 1.80. The average Bonchev–Trinajstić information content (AvgIpc) is 2.71. The number of nitrogens with zero attached hydrogens (tertiary/aromatic N) is 7. The smallest absolute Gasteiger partial charge is 0.183 e. The van der Waals surface area contributed by atoms with Crippen LogP contribution in [-0.2, 0) is 7.05 Å². The van der Waals surface area contributed by atoms with Crippen molar-refractivity contribution in [3.05, 3.63) is 5.82 Å². The molecule has 2 aromatic heterocycles. The molecule has 0 aliphatic carbocycles. The van der Waals surface area contributed by atoms with E-state index in [-0.39, 0.29) is 0 Å². The molecule has 0 aromatic carbocycles. The van der Waals surface area contributed by atoms with E-state index >= 15 is 0 Å². The van der Waals surface area contributed by atoms with Crippen molar-refractivity contribution in [3.8, 4) is 0 Å². The predicted molar refractivity (Wildman–Crippen MR) is 68.5 cm³/mol. The van der Waals surface area contributed by atoms with Gasteiger partial charge in [-0.25, -0.2) is 14.6 Å². The molecule has 0 amide bonds. The molecular formula is C11H17N7. The van der Waals surface area contributed by atoms with Gasteiger partial charge in [-0.1, -0.05) is 5.21 Å². The molecule has 1 fully saturated rings. The first-order valence-electron chi connectivity index (χ1n) is 6.12. The van der Waals surface area contributed by atoms with Crippen LogP contribution in [0.5, 0.6) is 0 Å². The van der Waals surface area contributed by atoms with Gasteiger partial charge in [-0.15, -0.1) is 5.10 Å². The molecule has 2 aromatic rings. The highest BCUT2D eigenvalue weighted by Gasteiger charge is 2.20. The lowest BCUT2D eigenvalue weighted by Gasteiger charge is -2.33. The lowest BCUT2D eigenvalue weighted by molar-refractivity contribution is 0.312.